The predicted molar refractivity (Wildman–Crippen MR) is 128 cm³/mol. The maximum absolute atomic E-state index is 4.72. The molecule has 1 aliphatic heterocycles. The van der Waals surface area contributed by atoms with Gasteiger partial charge in [-0.25, -0.2) is 4.98 Å². The molecule has 1 aromatic rings. The van der Waals surface area contributed by atoms with Crippen LogP contribution in [0.2, 0.25) is 0 Å². The minimum atomic E-state index is 0.576. The largest absolute Gasteiger partial charge is 0.356 e. The third-order valence-electron chi connectivity index (χ3n) is 6.15. The van der Waals surface area contributed by atoms with Crippen molar-refractivity contribution in [2.75, 3.05) is 32.4 Å². The van der Waals surface area contributed by atoms with Gasteiger partial charge in [-0.3, -0.25) is 9.89 Å². The molecule has 3 rings (SSSR count). The van der Waals surface area contributed by atoms with Gasteiger partial charge >= 0.3 is 0 Å². The molecule has 0 bridgehead atoms. The molecular formula is C22H39N5S2. The Balaban J connectivity index is 1.35. The van der Waals surface area contributed by atoms with Gasteiger partial charge in [0, 0.05) is 36.8 Å². The van der Waals surface area contributed by atoms with Gasteiger partial charge in [-0.15, -0.1) is 11.3 Å². The molecule has 1 aliphatic carbocycles. The van der Waals surface area contributed by atoms with Crippen molar-refractivity contribution in [1.29, 1.82) is 0 Å². The van der Waals surface area contributed by atoms with E-state index in [4.69, 9.17) is 4.98 Å². The molecule has 2 aliphatic rings. The fourth-order valence-electron chi connectivity index (χ4n) is 4.45. The molecule has 0 radical (unpaired) electrons. The smallest absolute Gasteiger partial charge is 0.191 e. The normalized spacial score (nSPS) is 24.6. The Morgan fingerprint density at radius 2 is 2.10 bits per heavy atom. The van der Waals surface area contributed by atoms with Crippen molar-refractivity contribution in [3.05, 3.63) is 16.1 Å². The molecule has 0 spiro atoms. The number of thiazole rings is 1. The van der Waals surface area contributed by atoms with E-state index < -0.39 is 0 Å². The number of nitrogens with zero attached hydrogens (tertiary/aromatic N) is 3. The van der Waals surface area contributed by atoms with Gasteiger partial charge in [-0.2, -0.15) is 11.8 Å². The summed E-state index contributed by atoms with van der Waals surface area (Å²) >= 11 is 3.92. The van der Waals surface area contributed by atoms with E-state index in [2.05, 4.69) is 51.5 Å². The molecule has 0 amide bonds. The van der Waals surface area contributed by atoms with Gasteiger partial charge in [-0.05, 0) is 63.3 Å². The van der Waals surface area contributed by atoms with E-state index in [-0.39, 0.29) is 0 Å². The number of aliphatic imine (C=N–C) groups is 1. The first-order valence-corrected chi connectivity index (χ1v) is 13.4. The number of hydrogen-bond donors (Lipinski definition) is 2. The first kappa shape index (κ1) is 22.9. The second-order valence-corrected chi connectivity index (χ2v) is 10.9. The lowest BCUT2D eigenvalue weighted by molar-refractivity contribution is 0.176. The highest BCUT2D eigenvalue weighted by Crippen LogP contribution is 2.28. The first-order chi connectivity index (χ1) is 14.2. The molecule has 2 atom stereocenters. The highest BCUT2D eigenvalue weighted by molar-refractivity contribution is 7.99. The summed E-state index contributed by atoms with van der Waals surface area (Å²) in [4.78, 5) is 11.8. The lowest BCUT2D eigenvalue weighted by Gasteiger charge is -2.33. The monoisotopic (exact) mass is 437 g/mol. The van der Waals surface area contributed by atoms with E-state index in [0.717, 1.165) is 36.6 Å². The van der Waals surface area contributed by atoms with E-state index in [9.17, 15) is 0 Å². The predicted octanol–water partition coefficient (Wildman–Crippen LogP) is 4.15. The van der Waals surface area contributed by atoms with Gasteiger partial charge in [0.25, 0.3) is 0 Å². The van der Waals surface area contributed by atoms with Crippen LogP contribution >= 0.6 is 23.1 Å². The van der Waals surface area contributed by atoms with Crippen molar-refractivity contribution in [2.45, 2.75) is 76.6 Å². The summed E-state index contributed by atoms with van der Waals surface area (Å²) < 4.78 is 0. The maximum atomic E-state index is 4.72. The van der Waals surface area contributed by atoms with E-state index in [1.165, 1.54) is 68.1 Å². The number of aryl methyl sites for hydroxylation is 1. The third kappa shape index (κ3) is 7.44. The number of rotatable bonds is 8. The number of piperidine rings is 1. The molecule has 2 fully saturated rings. The summed E-state index contributed by atoms with van der Waals surface area (Å²) in [5.74, 6) is 2.96. The summed E-state index contributed by atoms with van der Waals surface area (Å²) in [5, 5.41) is 11.6. The lowest BCUT2D eigenvalue weighted by atomic mass is 9.95. The van der Waals surface area contributed by atoms with Crippen molar-refractivity contribution in [3.63, 3.8) is 0 Å². The minimum Gasteiger partial charge on any atom is -0.356 e. The van der Waals surface area contributed by atoms with Gasteiger partial charge in [0.1, 0.15) is 0 Å². The number of nitrogens with one attached hydrogen (secondary N) is 2. The molecule has 2 N–H and O–H groups in total. The van der Waals surface area contributed by atoms with Gasteiger partial charge in [0.05, 0.1) is 10.7 Å². The standard InChI is InChI=1S/C22H39N5S2/c1-4-21-25-19(16-29-21)15-27-11-9-17(10-12-27)14-24-22(23-3)26-18-7-6-8-20(13-18)28-5-2/h16-18,20H,4-15H2,1-3H3,(H2,23,24,26). The summed E-state index contributed by atoms with van der Waals surface area (Å²) in [6.07, 6.45) is 8.82. The molecule has 164 valence electrons. The Morgan fingerprint density at radius 1 is 1.28 bits per heavy atom. The SMILES string of the molecule is CCSC1CCCC(NC(=NC)NCC2CCN(Cc3csc(CC)n3)CC2)C1. The summed E-state index contributed by atoms with van der Waals surface area (Å²) in [7, 11) is 1.90. The van der Waals surface area contributed by atoms with E-state index in [1.807, 2.05) is 7.05 Å². The summed E-state index contributed by atoms with van der Waals surface area (Å²) in [6.45, 7) is 8.85. The van der Waals surface area contributed by atoms with Crippen LogP contribution in [0.4, 0.5) is 0 Å². The second kappa shape index (κ2) is 12.2. The Hall–Kier alpha value is -0.790. The third-order valence-corrected chi connectivity index (χ3v) is 8.42. The highest BCUT2D eigenvalue weighted by Gasteiger charge is 2.24. The van der Waals surface area contributed by atoms with Crippen LogP contribution in [0.25, 0.3) is 0 Å². The molecule has 1 saturated carbocycles. The van der Waals surface area contributed by atoms with Crippen molar-refractivity contribution in [2.24, 2.45) is 10.9 Å². The van der Waals surface area contributed by atoms with Crippen molar-refractivity contribution in [1.82, 2.24) is 20.5 Å². The van der Waals surface area contributed by atoms with Gasteiger partial charge < -0.3 is 10.6 Å². The zero-order valence-electron chi connectivity index (χ0n) is 18.5. The van der Waals surface area contributed by atoms with Crippen LogP contribution in [0.15, 0.2) is 10.4 Å². The summed E-state index contributed by atoms with van der Waals surface area (Å²) in [6, 6.07) is 0.576. The molecule has 29 heavy (non-hydrogen) atoms. The quantitative estimate of drug-likeness (QED) is 0.473. The van der Waals surface area contributed by atoms with Crippen LogP contribution in [0.1, 0.15) is 63.1 Å². The van der Waals surface area contributed by atoms with Crippen LogP contribution in [0.5, 0.6) is 0 Å². The van der Waals surface area contributed by atoms with Crippen LogP contribution in [0.3, 0.4) is 0 Å². The molecule has 7 heteroatoms. The number of aromatic nitrogens is 1. The van der Waals surface area contributed by atoms with E-state index in [1.54, 1.807) is 11.3 Å². The molecule has 2 unspecified atom stereocenters. The second-order valence-electron chi connectivity index (χ2n) is 8.34. The fourth-order valence-corrected chi connectivity index (χ4v) is 6.36. The van der Waals surface area contributed by atoms with Crippen LogP contribution in [-0.4, -0.2) is 59.6 Å². The molecule has 0 aromatic carbocycles. The zero-order chi connectivity index (χ0) is 20.5. The average molecular weight is 438 g/mol. The van der Waals surface area contributed by atoms with E-state index in [0.29, 0.717) is 6.04 Å². The van der Waals surface area contributed by atoms with Crippen molar-refractivity contribution < 1.29 is 0 Å². The lowest BCUT2D eigenvalue weighted by Crippen LogP contribution is -2.47. The zero-order valence-corrected chi connectivity index (χ0v) is 20.1. The Bertz CT molecular complexity index is 622. The number of hydrogen-bond acceptors (Lipinski definition) is 5. The summed E-state index contributed by atoms with van der Waals surface area (Å²) in [5.41, 5.74) is 1.25. The molecular weight excluding hydrogens is 398 g/mol. The number of likely N-dealkylation sites (tertiary alicyclic amines) is 1. The molecule has 1 saturated heterocycles. The fraction of sp³-hybridized carbons (Fsp3) is 0.818. The maximum Gasteiger partial charge on any atom is 0.191 e. The molecule has 1 aromatic heterocycles. The first-order valence-electron chi connectivity index (χ1n) is 11.4. The molecule has 5 nitrogen and oxygen atoms in total. The van der Waals surface area contributed by atoms with Crippen LogP contribution in [0, 0.1) is 5.92 Å². The molecule has 2 heterocycles. The van der Waals surface area contributed by atoms with Gasteiger partial charge in [0.15, 0.2) is 5.96 Å². The van der Waals surface area contributed by atoms with Crippen LogP contribution in [-0.2, 0) is 13.0 Å². The highest BCUT2D eigenvalue weighted by atomic mass is 32.2. The van der Waals surface area contributed by atoms with E-state index >= 15 is 0 Å². The Kier molecular flexibility index (Phi) is 9.59. The topological polar surface area (TPSA) is 52.6 Å². The average Bonchev–Trinajstić information content (AvgIpc) is 3.20. The number of guanidine groups is 1. The van der Waals surface area contributed by atoms with Crippen LogP contribution < -0.4 is 10.6 Å². The van der Waals surface area contributed by atoms with Gasteiger partial charge in [-0.1, -0.05) is 20.3 Å². The Labute approximate surface area is 185 Å². The number of thioether (sulfide) groups is 1. The van der Waals surface area contributed by atoms with Gasteiger partial charge in [0.2, 0.25) is 0 Å². The Morgan fingerprint density at radius 3 is 2.79 bits per heavy atom. The van der Waals surface area contributed by atoms with Crippen molar-refractivity contribution >= 4 is 29.1 Å². The minimum absolute atomic E-state index is 0.576. The van der Waals surface area contributed by atoms with Crippen molar-refractivity contribution in [3.8, 4) is 0 Å².